The number of nitrogens with one attached hydrogen (secondary N) is 1. The highest BCUT2D eigenvalue weighted by Gasteiger charge is 2.23. The van der Waals surface area contributed by atoms with Crippen molar-refractivity contribution >= 4 is 18.0 Å². The maximum absolute atomic E-state index is 11.9. The summed E-state index contributed by atoms with van der Waals surface area (Å²) in [6, 6.07) is 11.3. The van der Waals surface area contributed by atoms with Crippen LogP contribution in [0.15, 0.2) is 42.5 Å². The van der Waals surface area contributed by atoms with Crippen molar-refractivity contribution in [2.45, 2.75) is 46.0 Å². The topological polar surface area (TPSA) is 94.1 Å². The summed E-state index contributed by atoms with van der Waals surface area (Å²) in [6.45, 7) is 5.22. The smallest absolute Gasteiger partial charge is 0.311 e. The van der Waals surface area contributed by atoms with E-state index in [9.17, 15) is 9.59 Å². The van der Waals surface area contributed by atoms with E-state index >= 15 is 0 Å². The number of ether oxygens (including phenoxy) is 3. The van der Waals surface area contributed by atoms with Crippen molar-refractivity contribution in [1.82, 2.24) is 5.48 Å². The molecule has 0 atom stereocenters. The molecule has 2 N–H and O–H groups in total. The van der Waals surface area contributed by atoms with Gasteiger partial charge in [0.05, 0.1) is 19.6 Å². The Morgan fingerprint density at radius 1 is 1.12 bits per heavy atom. The Kier molecular flexibility index (Phi) is 8.89. The van der Waals surface area contributed by atoms with Gasteiger partial charge in [-0.2, -0.15) is 0 Å². The Morgan fingerprint density at radius 2 is 1.88 bits per heavy atom. The Morgan fingerprint density at radius 3 is 2.64 bits per heavy atom. The molecule has 0 radical (unpaired) electrons. The van der Waals surface area contributed by atoms with E-state index in [4.69, 9.17) is 19.4 Å². The molecule has 2 aromatic rings. The summed E-state index contributed by atoms with van der Waals surface area (Å²) >= 11 is 0. The lowest BCUT2D eigenvalue weighted by atomic mass is 9.96. The molecule has 176 valence electrons. The number of para-hydroxylation sites is 1. The number of benzene rings is 2. The zero-order chi connectivity index (χ0) is 23.6. The number of aryl methyl sites for hydroxylation is 1. The molecule has 0 spiro atoms. The van der Waals surface area contributed by atoms with Gasteiger partial charge >= 0.3 is 5.97 Å². The number of hydroxylamine groups is 1. The van der Waals surface area contributed by atoms with E-state index in [1.165, 1.54) is 6.08 Å². The molecule has 3 rings (SSSR count). The molecule has 7 heteroatoms. The molecule has 2 aromatic carbocycles. The average Bonchev–Trinajstić information content (AvgIpc) is 2.81. The molecule has 1 aliphatic heterocycles. The lowest BCUT2D eigenvalue weighted by molar-refractivity contribution is -0.135. The molecule has 1 heterocycles. The minimum absolute atomic E-state index is 0.192. The molecular weight excluding hydrogens is 422 g/mol. The Balaban J connectivity index is 1.59. The second-order valence-electron chi connectivity index (χ2n) is 8.33. The number of amides is 1. The summed E-state index contributed by atoms with van der Waals surface area (Å²) in [7, 11) is 0. The van der Waals surface area contributed by atoms with Crippen LogP contribution in [0.2, 0.25) is 0 Å². The normalized spacial score (nSPS) is 13.0. The maximum Gasteiger partial charge on any atom is 0.311 e. The van der Waals surface area contributed by atoms with Crippen LogP contribution in [0.3, 0.4) is 0 Å². The van der Waals surface area contributed by atoms with Gasteiger partial charge in [0, 0.05) is 23.6 Å². The molecule has 33 heavy (non-hydrogen) atoms. The number of carbonyl (C=O) groups excluding carboxylic acids is 2. The summed E-state index contributed by atoms with van der Waals surface area (Å²) < 4.78 is 17.5. The van der Waals surface area contributed by atoms with Crippen LogP contribution >= 0.6 is 0 Å². The van der Waals surface area contributed by atoms with Gasteiger partial charge in [-0.05, 0) is 49.0 Å². The fourth-order valence-electron chi connectivity index (χ4n) is 3.56. The van der Waals surface area contributed by atoms with Crippen molar-refractivity contribution in [3.8, 4) is 17.2 Å². The number of hydrogen-bond acceptors (Lipinski definition) is 6. The van der Waals surface area contributed by atoms with Gasteiger partial charge in [0.2, 0.25) is 0 Å². The number of fused-ring (bicyclic) bond motifs is 1. The fourth-order valence-corrected chi connectivity index (χ4v) is 3.56. The lowest BCUT2D eigenvalue weighted by Crippen LogP contribution is -2.18. The Labute approximate surface area is 194 Å². The highest BCUT2D eigenvalue weighted by molar-refractivity contribution is 5.91. The average molecular weight is 454 g/mol. The van der Waals surface area contributed by atoms with Crippen molar-refractivity contribution in [2.24, 2.45) is 5.92 Å². The van der Waals surface area contributed by atoms with Gasteiger partial charge in [-0.1, -0.05) is 38.1 Å². The van der Waals surface area contributed by atoms with Crippen molar-refractivity contribution in [1.29, 1.82) is 0 Å². The predicted octanol–water partition coefficient (Wildman–Crippen LogP) is 4.49. The van der Waals surface area contributed by atoms with E-state index in [0.717, 1.165) is 35.3 Å². The van der Waals surface area contributed by atoms with Crippen LogP contribution in [0.25, 0.3) is 6.08 Å². The van der Waals surface area contributed by atoms with Crippen LogP contribution < -0.4 is 19.7 Å². The highest BCUT2D eigenvalue weighted by Crippen LogP contribution is 2.37. The molecule has 0 aromatic heterocycles. The van der Waals surface area contributed by atoms with Crippen LogP contribution in [0.1, 0.15) is 49.8 Å². The first-order valence-electron chi connectivity index (χ1n) is 11.3. The quantitative estimate of drug-likeness (QED) is 0.130. The molecule has 0 bridgehead atoms. The van der Waals surface area contributed by atoms with Gasteiger partial charge in [-0.15, -0.1) is 0 Å². The van der Waals surface area contributed by atoms with Crippen LogP contribution in [0, 0.1) is 5.92 Å². The van der Waals surface area contributed by atoms with E-state index < -0.39 is 5.91 Å². The van der Waals surface area contributed by atoms with Crippen molar-refractivity contribution in [3.63, 3.8) is 0 Å². The second-order valence-corrected chi connectivity index (χ2v) is 8.33. The Hall–Kier alpha value is -3.32. The molecule has 0 fully saturated rings. The molecule has 0 saturated heterocycles. The second kappa shape index (κ2) is 12.1. The van der Waals surface area contributed by atoms with E-state index in [0.29, 0.717) is 49.9 Å². The van der Waals surface area contributed by atoms with Gasteiger partial charge in [0.15, 0.2) is 0 Å². The first kappa shape index (κ1) is 24.3. The van der Waals surface area contributed by atoms with Gasteiger partial charge in [0.25, 0.3) is 5.91 Å². The standard InChI is InChI=1S/C26H31NO6/c1-18(2)8-12-21-23(13-9-20-11-15-25(29)33-26(20)21)32-17-5-16-31-22-7-4-3-6-19(22)10-14-24(28)27-30/h3-4,6-7,9-10,13-14,18,30H,5,8,11-12,15-17H2,1-2H3,(H,27,28)/b14-10+. The van der Waals surface area contributed by atoms with Gasteiger partial charge < -0.3 is 14.2 Å². The number of esters is 1. The predicted molar refractivity (Wildman–Crippen MR) is 125 cm³/mol. The fraction of sp³-hybridized carbons (Fsp3) is 0.385. The molecule has 0 unspecified atom stereocenters. The zero-order valence-electron chi connectivity index (χ0n) is 19.1. The van der Waals surface area contributed by atoms with Crippen LogP contribution in [-0.2, 0) is 22.4 Å². The third-order valence-electron chi connectivity index (χ3n) is 5.33. The highest BCUT2D eigenvalue weighted by atomic mass is 16.5. The van der Waals surface area contributed by atoms with E-state index in [2.05, 4.69) is 13.8 Å². The number of rotatable bonds is 11. The maximum atomic E-state index is 11.9. The van der Waals surface area contributed by atoms with E-state index in [-0.39, 0.29) is 5.97 Å². The summed E-state index contributed by atoms with van der Waals surface area (Å²) in [5.41, 5.74) is 4.32. The first-order valence-corrected chi connectivity index (χ1v) is 11.3. The molecule has 1 amide bonds. The number of carbonyl (C=O) groups is 2. The molecule has 0 saturated carbocycles. The van der Waals surface area contributed by atoms with Gasteiger partial charge in [0.1, 0.15) is 17.2 Å². The van der Waals surface area contributed by atoms with Gasteiger partial charge in [-0.25, -0.2) is 5.48 Å². The zero-order valence-corrected chi connectivity index (χ0v) is 19.1. The summed E-state index contributed by atoms with van der Waals surface area (Å²) in [5, 5.41) is 8.61. The first-order chi connectivity index (χ1) is 16.0. The molecular formula is C26H31NO6. The minimum atomic E-state index is -0.609. The van der Waals surface area contributed by atoms with Crippen LogP contribution in [0.5, 0.6) is 17.2 Å². The van der Waals surface area contributed by atoms with Crippen LogP contribution in [0.4, 0.5) is 0 Å². The van der Waals surface area contributed by atoms with E-state index in [1.54, 1.807) is 11.6 Å². The minimum Gasteiger partial charge on any atom is -0.493 e. The lowest BCUT2D eigenvalue weighted by Gasteiger charge is -2.22. The summed E-state index contributed by atoms with van der Waals surface area (Å²) in [6.07, 6.45) is 6.34. The third kappa shape index (κ3) is 7.08. The van der Waals surface area contributed by atoms with Crippen molar-refractivity contribution in [3.05, 3.63) is 59.2 Å². The molecule has 0 aliphatic carbocycles. The Bertz CT molecular complexity index is 998. The third-order valence-corrected chi connectivity index (χ3v) is 5.33. The molecule has 1 aliphatic rings. The van der Waals surface area contributed by atoms with Crippen LogP contribution in [-0.4, -0.2) is 30.3 Å². The SMILES string of the molecule is CC(C)CCc1c(OCCCOc2ccccc2/C=C/C(=O)NO)ccc2c1OC(=O)CC2. The monoisotopic (exact) mass is 453 g/mol. The molecule has 7 nitrogen and oxygen atoms in total. The van der Waals surface area contributed by atoms with E-state index in [1.807, 2.05) is 36.4 Å². The van der Waals surface area contributed by atoms with Crippen molar-refractivity contribution in [2.75, 3.05) is 13.2 Å². The summed E-state index contributed by atoms with van der Waals surface area (Å²) in [5.74, 6) is 1.79. The number of hydrogen-bond donors (Lipinski definition) is 2. The summed E-state index contributed by atoms with van der Waals surface area (Å²) in [4.78, 5) is 23.1. The largest absolute Gasteiger partial charge is 0.493 e. The van der Waals surface area contributed by atoms with Crippen molar-refractivity contribution < 1.29 is 29.0 Å². The van der Waals surface area contributed by atoms with Gasteiger partial charge in [-0.3, -0.25) is 14.8 Å².